The third-order valence-corrected chi connectivity index (χ3v) is 4.48. The van der Waals surface area contributed by atoms with Gasteiger partial charge in [-0.3, -0.25) is 10.1 Å². The molecule has 0 saturated carbocycles. The van der Waals surface area contributed by atoms with E-state index < -0.39 is 5.97 Å². The van der Waals surface area contributed by atoms with Gasteiger partial charge in [-0.05, 0) is 30.0 Å². The lowest BCUT2D eigenvalue weighted by Crippen LogP contribution is -2.07. The topological polar surface area (TPSA) is 68.3 Å². The average Bonchev–Trinajstić information content (AvgIpc) is 2.92. The molecule has 6 heteroatoms. The zero-order chi connectivity index (χ0) is 17.7. The molecule has 2 aromatic rings. The molecule has 1 aromatic carbocycles. The maximum atomic E-state index is 12.0. The molecule has 0 aliphatic carbocycles. The van der Waals surface area contributed by atoms with Crippen molar-refractivity contribution in [2.45, 2.75) is 26.7 Å². The fourth-order valence-corrected chi connectivity index (χ4v) is 2.93. The normalized spacial score (nSPS) is 11.0. The van der Waals surface area contributed by atoms with Crippen LogP contribution < -0.4 is 5.32 Å². The van der Waals surface area contributed by atoms with Crippen molar-refractivity contribution in [2.24, 2.45) is 0 Å². The van der Waals surface area contributed by atoms with Crippen LogP contribution in [0.2, 0.25) is 0 Å². The maximum absolute atomic E-state index is 12.0. The number of nitrogens with zero attached hydrogens (tertiary/aromatic N) is 1. The van der Waals surface area contributed by atoms with Gasteiger partial charge >= 0.3 is 5.97 Å². The number of ether oxygens (including phenoxy) is 1. The highest BCUT2D eigenvalue weighted by molar-refractivity contribution is 7.17. The van der Waals surface area contributed by atoms with E-state index in [1.165, 1.54) is 18.7 Å². The Kier molecular flexibility index (Phi) is 5.87. The Morgan fingerprint density at radius 2 is 1.92 bits per heavy atom. The fourth-order valence-electron chi connectivity index (χ4n) is 2.04. The van der Waals surface area contributed by atoms with Gasteiger partial charge in [0.1, 0.15) is 4.88 Å². The van der Waals surface area contributed by atoms with Crippen LogP contribution in [0.25, 0.3) is 6.08 Å². The van der Waals surface area contributed by atoms with Gasteiger partial charge in [0, 0.05) is 6.08 Å². The molecule has 0 aliphatic heterocycles. The molecule has 1 aromatic heterocycles. The molecular formula is C18H20N2O3S. The smallest absolute Gasteiger partial charge is 0.350 e. The molecular weight excluding hydrogens is 324 g/mol. The number of nitrogens with one attached hydrogen (secondary N) is 1. The zero-order valence-electron chi connectivity index (χ0n) is 14.1. The highest BCUT2D eigenvalue weighted by Gasteiger charge is 2.16. The van der Waals surface area contributed by atoms with Crippen molar-refractivity contribution < 1.29 is 14.3 Å². The number of anilines is 1. The van der Waals surface area contributed by atoms with Crippen molar-refractivity contribution in [3.63, 3.8) is 0 Å². The Hall–Kier alpha value is -2.47. The molecule has 0 aliphatic rings. The summed E-state index contributed by atoms with van der Waals surface area (Å²) in [4.78, 5) is 28.1. The summed E-state index contributed by atoms with van der Waals surface area (Å²) in [5.41, 5.74) is 2.74. The van der Waals surface area contributed by atoms with Gasteiger partial charge in [0.15, 0.2) is 5.13 Å². The first-order valence-electron chi connectivity index (χ1n) is 7.55. The highest BCUT2D eigenvalue weighted by Crippen LogP contribution is 2.23. The quantitative estimate of drug-likeness (QED) is 0.657. The number of methoxy groups -OCH3 is 1. The van der Waals surface area contributed by atoms with Gasteiger partial charge in [0.2, 0.25) is 5.91 Å². The second-order valence-electron chi connectivity index (χ2n) is 5.57. The lowest BCUT2D eigenvalue weighted by atomic mass is 10.0. The number of carbonyl (C=O) groups is 2. The first-order valence-corrected chi connectivity index (χ1v) is 8.37. The predicted molar refractivity (Wildman–Crippen MR) is 96.4 cm³/mol. The Bertz CT molecular complexity index is 761. The minimum absolute atomic E-state index is 0.298. The number of carbonyl (C=O) groups excluding carboxylic acids is 2. The first kappa shape index (κ1) is 17.9. The molecule has 0 radical (unpaired) electrons. The van der Waals surface area contributed by atoms with Gasteiger partial charge in [-0.25, -0.2) is 9.78 Å². The van der Waals surface area contributed by atoms with Crippen LogP contribution in [0.3, 0.4) is 0 Å². The molecule has 0 bridgehead atoms. The molecule has 24 heavy (non-hydrogen) atoms. The number of thiazole rings is 1. The molecule has 0 saturated heterocycles. The number of hydrogen-bond donors (Lipinski definition) is 1. The number of amides is 1. The molecule has 126 valence electrons. The summed E-state index contributed by atoms with van der Waals surface area (Å²) in [5, 5.41) is 3.03. The van der Waals surface area contributed by atoms with Gasteiger partial charge < -0.3 is 4.74 Å². The van der Waals surface area contributed by atoms with Crippen LogP contribution >= 0.6 is 11.3 Å². The van der Waals surface area contributed by atoms with Crippen molar-refractivity contribution in [1.29, 1.82) is 0 Å². The van der Waals surface area contributed by atoms with E-state index in [-0.39, 0.29) is 5.91 Å². The summed E-state index contributed by atoms with van der Waals surface area (Å²) >= 11 is 1.10. The van der Waals surface area contributed by atoms with Crippen molar-refractivity contribution in [2.75, 3.05) is 12.4 Å². The standard InChI is InChI=1S/C18H20N2O3S/c1-11(2)14-8-5-13(6-9-14)7-10-15(21)20-18-19-12(3)16(24-18)17(22)23-4/h5-11H,1-4H3,(H,19,20,21)/b10-7+. The minimum atomic E-state index is -0.453. The second kappa shape index (κ2) is 7.88. The summed E-state index contributed by atoms with van der Waals surface area (Å²) < 4.78 is 4.67. The van der Waals surface area contributed by atoms with Crippen LogP contribution in [0.15, 0.2) is 30.3 Å². The largest absolute Gasteiger partial charge is 0.465 e. The first-order chi connectivity index (χ1) is 11.4. The zero-order valence-corrected chi connectivity index (χ0v) is 14.9. The third-order valence-electron chi connectivity index (χ3n) is 3.43. The highest BCUT2D eigenvalue weighted by atomic mass is 32.1. The number of hydrogen-bond acceptors (Lipinski definition) is 5. The van der Waals surface area contributed by atoms with Gasteiger partial charge in [-0.1, -0.05) is 49.4 Å². The van der Waals surface area contributed by atoms with Crippen LogP contribution in [0.1, 0.15) is 46.3 Å². The molecule has 5 nitrogen and oxygen atoms in total. The molecule has 0 unspecified atom stereocenters. The van der Waals surface area contributed by atoms with E-state index in [1.54, 1.807) is 13.0 Å². The summed E-state index contributed by atoms with van der Waals surface area (Å²) in [6.45, 7) is 5.97. The monoisotopic (exact) mass is 344 g/mol. The lowest BCUT2D eigenvalue weighted by molar-refractivity contribution is -0.111. The van der Waals surface area contributed by atoms with E-state index in [4.69, 9.17) is 0 Å². The number of benzene rings is 1. The number of aryl methyl sites for hydroxylation is 1. The number of esters is 1. The third kappa shape index (κ3) is 4.52. The number of aromatic nitrogens is 1. The summed E-state index contributed by atoms with van der Waals surface area (Å²) in [5.74, 6) is -0.275. The summed E-state index contributed by atoms with van der Waals surface area (Å²) in [6, 6.07) is 8.05. The Morgan fingerprint density at radius 3 is 2.50 bits per heavy atom. The van der Waals surface area contributed by atoms with Crippen molar-refractivity contribution in [1.82, 2.24) is 4.98 Å². The van der Waals surface area contributed by atoms with Gasteiger partial charge in [-0.15, -0.1) is 0 Å². The molecule has 1 N–H and O–H groups in total. The Labute approximate surface area is 145 Å². The predicted octanol–water partition coefficient (Wildman–Crippen LogP) is 4.01. The Morgan fingerprint density at radius 1 is 1.25 bits per heavy atom. The van der Waals surface area contributed by atoms with Gasteiger partial charge in [0.25, 0.3) is 0 Å². The van der Waals surface area contributed by atoms with Gasteiger partial charge in [-0.2, -0.15) is 0 Å². The van der Waals surface area contributed by atoms with Crippen LogP contribution in [0.5, 0.6) is 0 Å². The van der Waals surface area contributed by atoms with E-state index in [9.17, 15) is 9.59 Å². The van der Waals surface area contributed by atoms with Crippen molar-refractivity contribution in [3.8, 4) is 0 Å². The fraction of sp³-hybridized carbons (Fsp3) is 0.278. The van der Waals surface area contributed by atoms with Crippen LogP contribution in [-0.2, 0) is 9.53 Å². The minimum Gasteiger partial charge on any atom is -0.465 e. The van der Waals surface area contributed by atoms with Crippen LogP contribution in [-0.4, -0.2) is 24.0 Å². The molecule has 1 amide bonds. The van der Waals surface area contributed by atoms with Crippen molar-refractivity contribution in [3.05, 3.63) is 52.0 Å². The summed E-state index contributed by atoms with van der Waals surface area (Å²) in [6.07, 6.45) is 3.18. The SMILES string of the molecule is COC(=O)c1sc(NC(=O)/C=C/c2ccc(C(C)C)cc2)nc1C. The molecule has 0 fully saturated rings. The van der Waals surface area contributed by atoms with E-state index in [0.717, 1.165) is 16.9 Å². The average molecular weight is 344 g/mol. The summed E-state index contributed by atoms with van der Waals surface area (Å²) in [7, 11) is 1.31. The Balaban J connectivity index is 2.01. The number of rotatable bonds is 5. The van der Waals surface area contributed by atoms with Crippen LogP contribution in [0.4, 0.5) is 5.13 Å². The van der Waals surface area contributed by atoms with E-state index in [0.29, 0.717) is 21.6 Å². The second-order valence-corrected chi connectivity index (χ2v) is 6.57. The maximum Gasteiger partial charge on any atom is 0.350 e. The van der Waals surface area contributed by atoms with Crippen molar-refractivity contribution >= 4 is 34.4 Å². The molecule has 1 heterocycles. The van der Waals surface area contributed by atoms with Crippen LogP contribution in [0, 0.1) is 6.92 Å². The van der Waals surface area contributed by atoms with E-state index >= 15 is 0 Å². The molecule has 0 spiro atoms. The lowest BCUT2D eigenvalue weighted by Gasteiger charge is -2.04. The molecule has 0 atom stereocenters. The van der Waals surface area contributed by atoms with E-state index in [2.05, 4.69) is 41.0 Å². The van der Waals surface area contributed by atoms with E-state index in [1.807, 2.05) is 12.1 Å². The van der Waals surface area contributed by atoms with Gasteiger partial charge in [0.05, 0.1) is 12.8 Å². The molecule has 2 rings (SSSR count).